The van der Waals surface area contributed by atoms with Crippen LogP contribution in [-0.2, 0) is 14.3 Å². The lowest BCUT2D eigenvalue weighted by Gasteiger charge is -2.26. The van der Waals surface area contributed by atoms with Crippen molar-refractivity contribution in [2.24, 2.45) is 5.92 Å². The first-order valence-corrected chi connectivity index (χ1v) is 8.88. The number of nitrogens with zero attached hydrogens (tertiary/aromatic N) is 2. The van der Waals surface area contributed by atoms with Crippen LogP contribution in [0.4, 0.5) is 9.59 Å². The molecule has 0 bridgehead atoms. The largest absolute Gasteiger partial charge is 0.444 e. The highest BCUT2D eigenvalue weighted by molar-refractivity contribution is 5.95. The molecule has 150 valence electrons. The van der Waals surface area contributed by atoms with Gasteiger partial charge in [0, 0.05) is 20.1 Å². The van der Waals surface area contributed by atoms with Gasteiger partial charge in [-0.05, 0) is 54.4 Å². The van der Waals surface area contributed by atoms with Crippen LogP contribution in [0.15, 0.2) is 0 Å². The van der Waals surface area contributed by atoms with Crippen molar-refractivity contribution in [3.05, 3.63) is 0 Å². The van der Waals surface area contributed by atoms with Gasteiger partial charge in [0.25, 0.3) is 0 Å². The second-order valence-electron chi connectivity index (χ2n) is 8.62. The van der Waals surface area contributed by atoms with Crippen molar-refractivity contribution in [2.75, 3.05) is 20.1 Å². The Balaban J connectivity index is 2.53. The molecule has 0 saturated carbocycles. The van der Waals surface area contributed by atoms with Crippen LogP contribution in [-0.4, -0.2) is 70.4 Å². The Bertz CT molecular complexity index is 535. The number of aliphatic hydroxyl groups is 1. The van der Waals surface area contributed by atoms with Crippen molar-refractivity contribution < 1.29 is 29.0 Å². The molecule has 0 aromatic heterocycles. The maximum Gasteiger partial charge on any atom is 0.417 e. The van der Waals surface area contributed by atoms with E-state index in [-0.39, 0.29) is 19.5 Å². The highest BCUT2D eigenvalue weighted by atomic mass is 16.6. The molecule has 26 heavy (non-hydrogen) atoms. The molecule has 0 aromatic carbocycles. The summed E-state index contributed by atoms with van der Waals surface area (Å²) in [5.74, 6) is -1.11. The molecule has 2 unspecified atom stereocenters. The Labute approximate surface area is 155 Å². The molecule has 8 nitrogen and oxygen atoms in total. The Morgan fingerprint density at radius 1 is 1.19 bits per heavy atom. The van der Waals surface area contributed by atoms with Gasteiger partial charge in [-0.15, -0.1) is 0 Å². The summed E-state index contributed by atoms with van der Waals surface area (Å²) in [5, 5.41) is 10.3. The van der Waals surface area contributed by atoms with Crippen molar-refractivity contribution in [1.29, 1.82) is 0 Å². The van der Waals surface area contributed by atoms with Crippen molar-refractivity contribution in [2.45, 2.75) is 71.7 Å². The molecule has 8 heteroatoms. The van der Waals surface area contributed by atoms with Crippen LogP contribution in [0.1, 0.15) is 54.4 Å². The van der Waals surface area contributed by atoms with E-state index < -0.39 is 41.3 Å². The molecule has 0 radical (unpaired) electrons. The maximum atomic E-state index is 12.4. The molecular weight excluding hydrogens is 340 g/mol. The fourth-order valence-corrected chi connectivity index (χ4v) is 2.52. The smallest absolute Gasteiger partial charge is 0.417 e. The molecule has 1 aliphatic rings. The highest BCUT2D eigenvalue weighted by Crippen LogP contribution is 2.25. The predicted molar refractivity (Wildman–Crippen MR) is 95.5 cm³/mol. The monoisotopic (exact) mass is 372 g/mol. The molecule has 1 rings (SSSR count). The van der Waals surface area contributed by atoms with Crippen LogP contribution in [0.2, 0.25) is 0 Å². The number of likely N-dealkylation sites (tertiary alicyclic amines) is 1. The second kappa shape index (κ2) is 8.24. The summed E-state index contributed by atoms with van der Waals surface area (Å²) >= 11 is 0. The molecule has 3 amide bonds. The highest BCUT2D eigenvalue weighted by Gasteiger charge is 2.41. The summed E-state index contributed by atoms with van der Waals surface area (Å²) in [4.78, 5) is 38.8. The van der Waals surface area contributed by atoms with Crippen molar-refractivity contribution >= 4 is 18.1 Å². The van der Waals surface area contributed by atoms with Crippen LogP contribution in [0.5, 0.6) is 0 Å². The Morgan fingerprint density at radius 3 is 2.23 bits per heavy atom. The summed E-state index contributed by atoms with van der Waals surface area (Å²) in [6, 6.07) is 0. The third kappa shape index (κ3) is 6.82. The van der Waals surface area contributed by atoms with Gasteiger partial charge < -0.3 is 19.5 Å². The van der Waals surface area contributed by atoms with E-state index in [2.05, 4.69) is 0 Å². The first-order valence-electron chi connectivity index (χ1n) is 8.88. The maximum absolute atomic E-state index is 12.4. The van der Waals surface area contributed by atoms with Gasteiger partial charge >= 0.3 is 12.2 Å². The standard InChI is InChI=1S/C18H32N2O6/c1-17(2,3)25-15(23)19(7)10-9-13(21)12-8-11-20(14(12)22)16(24)26-18(4,5)6/h12-13,21H,8-11H2,1-7H3. The third-order valence-electron chi connectivity index (χ3n) is 3.79. The van der Waals surface area contributed by atoms with E-state index in [0.29, 0.717) is 6.42 Å². The summed E-state index contributed by atoms with van der Waals surface area (Å²) < 4.78 is 10.5. The molecule has 2 atom stereocenters. The minimum absolute atomic E-state index is 0.217. The van der Waals surface area contributed by atoms with Gasteiger partial charge in [-0.2, -0.15) is 0 Å². The zero-order valence-electron chi connectivity index (χ0n) is 16.9. The van der Waals surface area contributed by atoms with Gasteiger partial charge in [0.1, 0.15) is 11.2 Å². The van der Waals surface area contributed by atoms with Gasteiger partial charge in [-0.1, -0.05) is 0 Å². The normalized spacial score (nSPS) is 19.3. The van der Waals surface area contributed by atoms with Crippen LogP contribution in [0.25, 0.3) is 0 Å². The average molecular weight is 372 g/mol. The number of hydrogen-bond donors (Lipinski definition) is 1. The molecule has 0 spiro atoms. The molecule has 1 fully saturated rings. The average Bonchev–Trinajstić information content (AvgIpc) is 2.82. The van der Waals surface area contributed by atoms with Crippen LogP contribution in [0.3, 0.4) is 0 Å². The Kier molecular flexibility index (Phi) is 7.04. The Morgan fingerprint density at radius 2 is 1.73 bits per heavy atom. The molecular formula is C18H32N2O6. The Hall–Kier alpha value is -1.83. The SMILES string of the molecule is CN(CCC(O)C1CCN(C(=O)OC(C)(C)C)C1=O)C(=O)OC(C)(C)C. The lowest BCUT2D eigenvalue weighted by Crippen LogP contribution is -2.41. The fourth-order valence-electron chi connectivity index (χ4n) is 2.52. The van der Waals surface area contributed by atoms with Gasteiger partial charge in [-0.3, -0.25) is 4.79 Å². The predicted octanol–water partition coefficient (Wildman–Crippen LogP) is 2.39. The second-order valence-corrected chi connectivity index (χ2v) is 8.62. The molecule has 0 aromatic rings. The van der Waals surface area contributed by atoms with E-state index in [0.717, 1.165) is 4.90 Å². The van der Waals surface area contributed by atoms with E-state index in [9.17, 15) is 19.5 Å². The van der Waals surface area contributed by atoms with Crippen molar-refractivity contribution in [1.82, 2.24) is 9.80 Å². The number of carbonyl (C=O) groups excluding carboxylic acids is 3. The van der Waals surface area contributed by atoms with Gasteiger partial charge in [0.05, 0.1) is 12.0 Å². The number of carbonyl (C=O) groups is 3. The summed E-state index contributed by atoms with van der Waals surface area (Å²) in [6.07, 6.45) is -1.54. The number of imide groups is 1. The number of rotatable bonds is 4. The van der Waals surface area contributed by atoms with Gasteiger partial charge in [0.15, 0.2) is 0 Å². The van der Waals surface area contributed by atoms with E-state index in [1.807, 2.05) is 0 Å². The lowest BCUT2D eigenvalue weighted by atomic mass is 9.98. The van der Waals surface area contributed by atoms with Crippen molar-refractivity contribution in [3.63, 3.8) is 0 Å². The lowest BCUT2D eigenvalue weighted by molar-refractivity contribution is -0.133. The number of aliphatic hydroxyl groups excluding tert-OH is 1. The van der Waals surface area contributed by atoms with Crippen LogP contribution < -0.4 is 0 Å². The minimum atomic E-state index is -0.945. The summed E-state index contributed by atoms with van der Waals surface area (Å²) in [6.45, 7) is 11.0. The van der Waals surface area contributed by atoms with Crippen LogP contribution in [0, 0.1) is 5.92 Å². The first-order chi connectivity index (χ1) is 11.7. The van der Waals surface area contributed by atoms with E-state index in [4.69, 9.17) is 9.47 Å². The quantitative estimate of drug-likeness (QED) is 0.814. The number of amides is 3. The van der Waals surface area contributed by atoms with E-state index in [1.165, 1.54) is 4.90 Å². The topological polar surface area (TPSA) is 96.4 Å². The third-order valence-corrected chi connectivity index (χ3v) is 3.79. The van der Waals surface area contributed by atoms with Crippen molar-refractivity contribution in [3.8, 4) is 0 Å². The number of hydrogen-bond acceptors (Lipinski definition) is 6. The minimum Gasteiger partial charge on any atom is -0.444 e. The molecule has 1 saturated heterocycles. The zero-order valence-corrected chi connectivity index (χ0v) is 16.9. The zero-order chi connectivity index (χ0) is 20.3. The molecule has 0 aliphatic carbocycles. The van der Waals surface area contributed by atoms with Gasteiger partial charge in [0.2, 0.25) is 5.91 Å². The first kappa shape index (κ1) is 22.2. The molecule has 1 N–H and O–H groups in total. The van der Waals surface area contributed by atoms with Crippen LogP contribution >= 0.6 is 0 Å². The summed E-state index contributed by atoms with van der Waals surface area (Å²) in [5.41, 5.74) is -1.29. The van der Waals surface area contributed by atoms with E-state index in [1.54, 1.807) is 48.6 Å². The summed E-state index contributed by atoms with van der Waals surface area (Å²) in [7, 11) is 1.57. The molecule has 1 heterocycles. The molecule has 1 aliphatic heterocycles. The van der Waals surface area contributed by atoms with Gasteiger partial charge in [-0.25, -0.2) is 14.5 Å². The number of ether oxygens (including phenoxy) is 2. The van der Waals surface area contributed by atoms with E-state index >= 15 is 0 Å². The fraction of sp³-hybridized carbons (Fsp3) is 0.833.